The minimum Gasteiger partial charge on any atom is -0.495 e. The van der Waals surface area contributed by atoms with E-state index in [4.69, 9.17) is 20.9 Å². The third-order valence-corrected chi connectivity index (χ3v) is 5.77. The number of halogens is 1. The summed E-state index contributed by atoms with van der Waals surface area (Å²) in [5, 5.41) is 4.64. The smallest absolute Gasteiger partial charge is 0.266 e. The van der Waals surface area contributed by atoms with Crippen LogP contribution in [-0.4, -0.2) is 20.7 Å². The molecule has 0 aliphatic heterocycles. The number of nitrogens with zero attached hydrogens (tertiary/aromatic N) is 1. The molecule has 0 unspecified atom stereocenters. The highest BCUT2D eigenvalue weighted by molar-refractivity contribution is 7.92. The third kappa shape index (κ3) is 3.17. The summed E-state index contributed by atoms with van der Waals surface area (Å²) in [4.78, 5) is 0.0364. The summed E-state index contributed by atoms with van der Waals surface area (Å²) >= 11 is 6.29. The lowest BCUT2D eigenvalue weighted by molar-refractivity contribution is 0.402. The van der Waals surface area contributed by atoms with Gasteiger partial charge in [-0.05, 0) is 42.7 Å². The average molecular weight is 381 g/mol. The van der Waals surface area contributed by atoms with Gasteiger partial charge in [0.05, 0.1) is 17.5 Å². The van der Waals surface area contributed by atoms with Gasteiger partial charge in [-0.25, -0.2) is 8.42 Å². The lowest BCUT2D eigenvalue weighted by Crippen LogP contribution is -2.15. The van der Waals surface area contributed by atoms with Crippen molar-refractivity contribution in [2.24, 2.45) is 0 Å². The molecular formula is C17H17ClN2O4S. The predicted molar refractivity (Wildman–Crippen MR) is 96.9 cm³/mol. The number of benzene rings is 2. The number of aryl methyl sites for hydroxylation is 2. The fourth-order valence-electron chi connectivity index (χ4n) is 2.50. The summed E-state index contributed by atoms with van der Waals surface area (Å²) in [7, 11) is -2.51. The summed E-state index contributed by atoms with van der Waals surface area (Å²) in [5.41, 5.74) is 2.08. The van der Waals surface area contributed by atoms with Gasteiger partial charge < -0.3 is 9.26 Å². The molecule has 0 aliphatic carbocycles. The van der Waals surface area contributed by atoms with Crippen molar-refractivity contribution in [1.82, 2.24) is 5.16 Å². The molecule has 1 N–H and O–H groups in total. The molecule has 6 nitrogen and oxygen atoms in total. The highest BCUT2D eigenvalue weighted by atomic mass is 35.5. The molecule has 0 saturated heterocycles. The number of hydrogen-bond donors (Lipinski definition) is 1. The minimum absolute atomic E-state index is 0.0364. The lowest BCUT2D eigenvalue weighted by atomic mass is 10.2. The molecular weight excluding hydrogens is 364 g/mol. The van der Waals surface area contributed by atoms with Crippen LogP contribution in [0.2, 0.25) is 5.02 Å². The van der Waals surface area contributed by atoms with Crippen LogP contribution in [0.15, 0.2) is 39.8 Å². The molecule has 8 heteroatoms. The maximum atomic E-state index is 12.9. The van der Waals surface area contributed by atoms with Crippen LogP contribution >= 0.6 is 11.6 Å². The summed E-state index contributed by atoms with van der Waals surface area (Å²) in [6.45, 7) is 3.76. The number of hydrogen-bond acceptors (Lipinski definition) is 5. The monoisotopic (exact) mass is 380 g/mol. The number of aromatic nitrogens is 1. The molecule has 2 aromatic carbocycles. The van der Waals surface area contributed by atoms with E-state index in [9.17, 15) is 8.42 Å². The highest BCUT2D eigenvalue weighted by Crippen LogP contribution is 2.34. The summed E-state index contributed by atoms with van der Waals surface area (Å²) in [5.74, 6) is 0.299. The Balaban J connectivity index is 2.10. The van der Waals surface area contributed by atoms with Crippen LogP contribution in [0.4, 0.5) is 5.82 Å². The Kier molecular flexibility index (Phi) is 4.62. The van der Waals surface area contributed by atoms with Crippen molar-refractivity contribution in [3.05, 3.63) is 46.5 Å². The molecule has 0 fully saturated rings. The Bertz CT molecular complexity index is 1040. The molecule has 1 aromatic heterocycles. The number of rotatable bonds is 5. The van der Waals surface area contributed by atoms with Gasteiger partial charge in [0, 0.05) is 0 Å². The first-order valence-corrected chi connectivity index (χ1v) is 9.47. The van der Waals surface area contributed by atoms with Crippen molar-refractivity contribution < 1.29 is 17.7 Å². The molecule has 132 valence electrons. The molecule has 3 aromatic rings. The van der Waals surface area contributed by atoms with E-state index in [-0.39, 0.29) is 16.5 Å². The number of ether oxygens (including phenoxy) is 1. The molecule has 0 amide bonds. The minimum atomic E-state index is -3.94. The second kappa shape index (κ2) is 6.57. The Labute approximate surface area is 150 Å². The van der Waals surface area contributed by atoms with Gasteiger partial charge in [0.1, 0.15) is 10.6 Å². The van der Waals surface area contributed by atoms with E-state index in [0.717, 1.165) is 11.1 Å². The van der Waals surface area contributed by atoms with Crippen LogP contribution in [0.1, 0.15) is 18.1 Å². The van der Waals surface area contributed by atoms with Crippen LogP contribution in [0.3, 0.4) is 0 Å². The fraction of sp³-hybridized carbons (Fsp3) is 0.235. The first-order chi connectivity index (χ1) is 11.9. The van der Waals surface area contributed by atoms with Crippen molar-refractivity contribution >= 4 is 38.4 Å². The second-order valence-corrected chi connectivity index (χ2v) is 7.57. The summed E-state index contributed by atoms with van der Waals surface area (Å²) < 4.78 is 38.6. The normalized spacial score (nSPS) is 11.7. The van der Waals surface area contributed by atoms with Gasteiger partial charge in [-0.2, -0.15) is 0 Å². The van der Waals surface area contributed by atoms with Crippen LogP contribution in [0.5, 0.6) is 5.75 Å². The van der Waals surface area contributed by atoms with E-state index in [1.54, 1.807) is 24.3 Å². The maximum Gasteiger partial charge on any atom is 0.266 e. The van der Waals surface area contributed by atoms with Crippen LogP contribution in [-0.2, 0) is 16.4 Å². The Hall–Kier alpha value is -2.25. The first-order valence-electron chi connectivity index (χ1n) is 7.61. The molecule has 25 heavy (non-hydrogen) atoms. The Morgan fingerprint density at radius 1 is 1.28 bits per heavy atom. The lowest BCUT2D eigenvalue weighted by Gasteiger charge is -2.12. The zero-order chi connectivity index (χ0) is 18.2. The molecule has 0 saturated carbocycles. The van der Waals surface area contributed by atoms with Gasteiger partial charge in [0.15, 0.2) is 11.4 Å². The predicted octanol–water partition coefficient (Wildman–Crippen LogP) is 4.16. The number of anilines is 1. The van der Waals surface area contributed by atoms with E-state index >= 15 is 0 Å². The first kappa shape index (κ1) is 17.6. The summed E-state index contributed by atoms with van der Waals surface area (Å²) in [6, 6.07) is 8.51. The molecule has 3 rings (SSSR count). The van der Waals surface area contributed by atoms with Gasteiger partial charge in [0.2, 0.25) is 0 Å². The standard InChI is InChI=1S/C17H17ClN2O4S/c1-4-11-6-8-12(23-3)14(9-11)25(21,22)20-17-15-13(24-19-17)7-5-10(2)16(15)18/h5-9H,4H2,1-3H3,(H,19,20). The Morgan fingerprint density at radius 3 is 2.72 bits per heavy atom. The molecule has 0 bridgehead atoms. The number of nitrogens with one attached hydrogen (secondary N) is 1. The molecule has 1 heterocycles. The largest absolute Gasteiger partial charge is 0.495 e. The van der Waals surface area contributed by atoms with Gasteiger partial charge in [0.25, 0.3) is 10.0 Å². The van der Waals surface area contributed by atoms with Gasteiger partial charge in [-0.3, -0.25) is 4.72 Å². The van der Waals surface area contributed by atoms with Gasteiger partial charge in [-0.15, -0.1) is 0 Å². The number of sulfonamides is 1. The molecule has 0 atom stereocenters. The van der Waals surface area contributed by atoms with Crippen molar-refractivity contribution in [1.29, 1.82) is 0 Å². The zero-order valence-corrected chi connectivity index (χ0v) is 15.5. The summed E-state index contributed by atoms with van der Waals surface area (Å²) in [6.07, 6.45) is 0.699. The van der Waals surface area contributed by atoms with Crippen LogP contribution < -0.4 is 9.46 Å². The Morgan fingerprint density at radius 2 is 2.04 bits per heavy atom. The van der Waals surface area contributed by atoms with Crippen LogP contribution in [0, 0.1) is 6.92 Å². The van der Waals surface area contributed by atoms with Crippen molar-refractivity contribution in [3.8, 4) is 5.75 Å². The third-order valence-electron chi connectivity index (χ3n) is 3.93. The van der Waals surface area contributed by atoms with Crippen molar-refractivity contribution in [2.75, 3.05) is 11.8 Å². The zero-order valence-electron chi connectivity index (χ0n) is 14.0. The van der Waals surface area contributed by atoms with E-state index in [1.165, 1.54) is 7.11 Å². The topological polar surface area (TPSA) is 81.4 Å². The number of fused-ring (bicyclic) bond motifs is 1. The molecule has 0 radical (unpaired) electrons. The average Bonchev–Trinajstić information content (AvgIpc) is 3.00. The van der Waals surface area contributed by atoms with E-state index in [1.807, 2.05) is 19.9 Å². The van der Waals surface area contributed by atoms with E-state index in [0.29, 0.717) is 22.4 Å². The van der Waals surface area contributed by atoms with E-state index < -0.39 is 10.0 Å². The SMILES string of the molecule is CCc1ccc(OC)c(S(=O)(=O)Nc2noc3ccc(C)c(Cl)c23)c1. The van der Waals surface area contributed by atoms with Gasteiger partial charge >= 0.3 is 0 Å². The van der Waals surface area contributed by atoms with E-state index in [2.05, 4.69) is 9.88 Å². The fourth-order valence-corrected chi connectivity index (χ4v) is 3.97. The second-order valence-electron chi connectivity index (χ2n) is 5.55. The molecule has 0 spiro atoms. The highest BCUT2D eigenvalue weighted by Gasteiger charge is 2.24. The van der Waals surface area contributed by atoms with Gasteiger partial charge in [-0.1, -0.05) is 35.8 Å². The quantitative estimate of drug-likeness (QED) is 0.718. The molecule has 0 aliphatic rings. The van der Waals surface area contributed by atoms with Crippen molar-refractivity contribution in [3.63, 3.8) is 0 Å². The maximum absolute atomic E-state index is 12.9. The van der Waals surface area contributed by atoms with Crippen molar-refractivity contribution in [2.45, 2.75) is 25.2 Å². The number of methoxy groups -OCH3 is 1. The van der Waals surface area contributed by atoms with Crippen LogP contribution in [0.25, 0.3) is 11.0 Å².